The molecule has 3 nitrogen and oxygen atoms in total. The largest absolute Gasteiger partial charge is 0.342 e. The maximum Gasteiger partial charge on any atom is 0.225 e. The second-order valence-electron chi connectivity index (χ2n) is 7.70. The molecule has 0 aromatic heterocycles. The number of hydrogen-bond donors (Lipinski definition) is 1. The molecule has 1 spiro atoms. The predicted molar refractivity (Wildman–Crippen MR) is 93.3 cm³/mol. The highest BCUT2D eigenvalue weighted by atomic mass is 35.5. The summed E-state index contributed by atoms with van der Waals surface area (Å²) in [5.74, 6) is 1.71. The SMILES string of the molecule is CCC1CCC(C(=O)N2CCC3(CCNCC3)CC2)CC1.Cl. The predicted octanol–water partition coefficient (Wildman–Crippen LogP) is 3.62. The van der Waals surface area contributed by atoms with Crippen LogP contribution >= 0.6 is 12.4 Å². The first kappa shape index (κ1) is 18.1. The molecule has 0 aromatic rings. The summed E-state index contributed by atoms with van der Waals surface area (Å²) in [6.07, 6.45) is 11.2. The molecule has 4 heteroatoms. The molecular weight excluding hydrogens is 296 g/mol. The van der Waals surface area contributed by atoms with Crippen molar-refractivity contribution in [3.05, 3.63) is 0 Å². The fourth-order valence-electron chi connectivity index (χ4n) is 4.73. The molecule has 1 saturated carbocycles. The topological polar surface area (TPSA) is 32.3 Å². The van der Waals surface area contributed by atoms with Gasteiger partial charge in [-0.05, 0) is 75.8 Å². The van der Waals surface area contributed by atoms with Crippen LogP contribution in [0, 0.1) is 17.3 Å². The first-order valence-electron chi connectivity index (χ1n) is 9.22. The number of carbonyl (C=O) groups is 1. The van der Waals surface area contributed by atoms with Crippen LogP contribution in [0.3, 0.4) is 0 Å². The molecule has 2 heterocycles. The van der Waals surface area contributed by atoms with Gasteiger partial charge in [-0.25, -0.2) is 0 Å². The van der Waals surface area contributed by atoms with Crippen LogP contribution in [-0.4, -0.2) is 37.0 Å². The molecule has 1 aliphatic carbocycles. The van der Waals surface area contributed by atoms with Gasteiger partial charge < -0.3 is 10.2 Å². The number of hydrogen-bond acceptors (Lipinski definition) is 2. The Morgan fingerprint density at radius 2 is 1.64 bits per heavy atom. The zero-order valence-corrected chi connectivity index (χ0v) is 14.9. The Balaban J connectivity index is 0.00000176. The normalized spacial score (nSPS) is 31.6. The van der Waals surface area contributed by atoms with E-state index in [1.54, 1.807) is 0 Å². The molecule has 0 atom stereocenters. The Bertz CT molecular complexity index is 350. The molecule has 3 aliphatic rings. The molecular formula is C18H33ClN2O. The van der Waals surface area contributed by atoms with E-state index >= 15 is 0 Å². The molecule has 3 rings (SSSR count). The van der Waals surface area contributed by atoms with Crippen LogP contribution < -0.4 is 5.32 Å². The van der Waals surface area contributed by atoms with Crippen molar-refractivity contribution >= 4 is 18.3 Å². The highest BCUT2D eigenvalue weighted by Gasteiger charge is 2.38. The van der Waals surface area contributed by atoms with E-state index in [1.807, 2.05) is 0 Å². The number of nitrogens with one attached hydrogen (secondary N) is 1. The van der Waals surface area contributed by atoms with E-state index in [4.69, 9.17) is 0 Å². The van der Waals surface area contributed by atoms with Crippen LogP contribution in [0.25, 0.3) is 0 Å². The van der Waals surface area contributed by atoms with Crippen LogP contribution in [-0.2, 0) is 4.79 Å². The van der Waals surface area contributed by atoms with Gasteiger partial charge in [0.05, 0.1) is 0 Å². The lowest BCUT2D eigenvalue weighted by atomic mass is 9.71. The third-order valence-corrected chi connectivity index (χ3v) is 6.57. The summed E-state index contributed by atoms with van der Waals surface area (Å²) in [6, 6.07) is 0. The second-order valence-corrected chi connectivity index (χ2v) is 7.70. The highest BCUT2D eigenvalue weighted by molar-refractivity contribution is 5.85. The van der Waals surface area contributed by atoms with Gasteiger partial charge in [0.25, 0.3) is 0 Å². The maximum atomic E-state index is 12.7. The van der Waals surface area contributed by atoms with Gasteiger partial charge in [-0.15, -0.1) is 12.4 Å². The minimum Gasteiger partial charge on any atom is -0.342 e. The lowest BCUT2D eigenvalue weighted by Gasteiger charge is -2.45. The Morgan fingerprint density at radius 3 is 2.18 bits per heavy atom. The molecule has 22 heavy (non-hydrogen) atoms. The molecule has 0 radical (unpaired) electrons. The molecule has 128 valence electrons. The van der Waals surface area contributed by atoms with E-state index in [0.717, 1.165) is 31.8 Å². The quantitative estimate of drug-likeness (QED) is 0.839. The van der Waals surface area contributed by atoms with Gasteiger partial charge in [0.1, 0.15) is 0 Å². The minimum absolute atomic E-state index is 0. The van der Waals surface area contributed by atoms with Crippen LogP contribution in [0.4, 0.5) is 0 Å². The monoisotopic (exact) mass is 328 g/mol. The Hall–Kier alpha value is -0.280. The third kappa shape index (κ3) is 3.97. The lowest BCUT2D eigenvalue weighted by molar-refractivity contribution is -0.139. The Morgan fingerprint density at radius 1 is 1.05 bits per heavy atom. The molecule has 2 aliphatic heterocycles. The van der Waals surface area contributed by atoms with Crippen molar-refractivity contribution < 1.29 is 4.79 Å². The van der Waals surface area contributed by atoms with E-state index in [2.05, 4.69) is 17.1 Å². The van der Waals surface area contributed by atoms with Crippen molar-refractivity contribution in [3.8, 4) is 0 Å². The summed E-state index contributed by atoms with van der Waals surface area (Å²) in [7, 11) is 0. The summed E-state index contributed by atoms with van der Waals surface area (Å²) < 4.78 is 0. The summed E-state index contributed by atoms with van der Waals surface area (Å²) >= 11 is 0. The fraction of sp³-hybridized carbons (Fsp3) is 0.944. The number of carbonyl (C=O) groups excluding carboxylic acids is 1. The maximum absolute atomic E-state index is 12.7. The lowest BCUT2D eigenvalue weighted by Crippen LogP contribution is -2.48. The Labute approximate surface area is 142 Å². The zero-order valence-electron chi connectivity index (χ0n) is 14.1. The molecule has 0 aromatic carbocycles. The van der Waals surface area contributed by atoms with Crippen molar-refractivity contribution in [2.24, 2.45) is 17.3 Å². The molecule has 1 amide bonds. The summed E-state index contributed by atoms with van der Waals surface area (Å²) in [5.41, 5.74) is 0.557. The smallest absolute Gasteiger partial charge is 0.225 e. The van der Waals surface area contributed by atoms with E-state index in [0.29, 0.717) is 17.2 Å². The van der Waals surface area contributed by atoms with Crippen LogP contribution in [0.2, 0.25) is 0 Å². The van der Waals surface area contributed by atoms with Gasteiger partial charge in [0.2, 0.25) is 5.91 Å². The molecule has 0 unspecified atom stereocenters. The van der Waals surface area contributed by atoms with Crippen molar-refractivity contribution in [1.82, 2.24) is 10.2 Å². The number of halogens is 1. The van der Waals surface area contributed by atoms with Gasteiger partial charge in [0, 0.05) is 19.0 Å². The molecule has 1 N–H and O–H groups in total. The summed E-state index contributed by atoms with van der Waals surface area (Å²) in [4.78, 5) is 14.9. The third-order valence-electron chi connectivity index (χ3n) is 6.57. The van der Waals surface area contributed by atoms with Crippen LogP contribution in [0.5, 0.6) is 0 Å². The first-order valence-corrected chi connectivity index (χ1v) is 9.22. The number of likely N-dealkylation sites (tertiary alicyclic amines) is 1. The van der Waals surface area contributed by atoms with Gasteiger partial charge >= 0.3 is 0 Å². The van der Waals surface area contributed by atoms with Gasteiger partial charge in [-0.1, -0.05) is 13.3 Å². The summed E-state index contributed by atoms with van der Waals surface area (Å²) in [5, 5.41) is 3.47. The van der Waals surface area contributed by atoms with Gasteiger partial charge in [-0.3, -0.25) is 4.79 Å². The summed E-state index contributed by atoms with van der Waals surface area (Å²) in [6.45, 7) is 6.68. The number of amides is 1. The first-order chi connectivity index (χ1) is 10.2. The standard InChI is InChI=1S/C18H32N2O.ClH/c1-2-15-3-5-16(6-4-15)17(21)20-13-9-18(10-14-20)7-11-19-12-8-18;/h15-16,19H,2-14H2,1H3;1H. The number of rotatable bonds is 2. The molecule has 0 bridgehead atoms. The molecule has 2 saturated heterocycles. The van der Waals surface area contributed by atoms with Gasteiger partial charge in [0.15, 0.2) is 0 Å². The van der Waals surface area contributed by atoms with Crippen molar-refractivity contribution in [1.29, 1.82) is 0 Å². The fourth-order valence-corrected chi connectivity index (χ4v) is 4.73. The van der Waals surface area contributed by atoms with E-state index in [9.17, 15) is 4.79 Å². The zero-order chi connectivity index (χ0) is 14.7. The second kappa shape index (κ2) is 8.01. The number of piperidine rings is 2. The number of nitrogens with zero attached hydrogens (tertiary/aromatic N) is 1. The minimum atomic E-state index is 0. The van der Waals surface area contributed by atoms with E-state index in [-0.39, 0.29) is 12.4 Å². The van der Waals surface area contributed by atoms with Crippen LogP contribution in [0.1, 0.15) is 64.7 Å². The Kier molecular flexibility index (Phi) is 6.58. The van der Waals surface area contributed by atoms with Crippen molar-refractivity contribution in [3.63, 3.8) is 0 Å². The average Bonchev–Trinajstić information content (AvgIpc) is 2.56. The van der Waals surface area contributed by atoms with Crippen LogP contribution in [0.15, 0.2) is 0 Å². The highest BCUT2D eigenvalue weighted by Crippen LogP contribution is 2.40. The van der Waals surface area contributed by atoms with Gasteiger partial charge in [-0.2, -0.15) is 0 Å². The molecule has 3 fully saturated rings. The van der Waals surface area contributed by atoms with E-state index in [1.165, 1.54) is 58.0 Å². The van der Waals surface area contributed by atoms with Crippen molar-refractivity contribution in [2.45, 2.75) is 64.7 Å². The average molecular weight is 329 g/mol. The van der Waals surface area contributed by atoms with Crippen molar-refractivity contribution in [2.75, 3.05) is 26.2 Å². The van der Waals surface area contributed by atoms with E-state index < -0.39 is 0 Å².